The molecule has 2 fully saturated rings. The number of hydrogen-bond donors (Lipinski definition) is 3. The van der Waals surface area contributed by atoms with Gasteiger partial charge in [0.2, 0.25) is 11.8 Å². The fourth-order valence-corrected chi connectivity index (χ4v) is 6.02. The summed E-state index contributed by atoms with van der Waals surface area (Å²) >= 11 is 0. The van der Waals surface area contributed by atoms with Gasteiger partial charge >= 0.3 is 12.1 Å². The van der Waals surface area contributed by atoms with Gasteiger partial charge in [0, 0.05) is 35.4 Å². The Balaban J connectivity index is 1.51. The van der Waals surface area contributed by atoms with Gasteiger partial charge in [-0.3, -0.25) is 9.59 Å². The maximum absolute atomic E-state index is 14.2. The lowest BCUT2D eigenvalue weighted by Gasteiger charge is -2.35. The molecule has 1 aliphatic heterocycles. The van der Waals surface area contributed by atoms with Crippen LogP contribution >= 0.6 is 0 Å². The summed E-state index contributed by atoms with van der Waals surface area (Å²) in [6.07, 6.45) is 0.306. The lowest BCUT2D eigenvalue weighted by atomic mass is 9.85. The second-order valence-electron chi connectivity index (χ2n) is 13.0. The van der Waals surface area contributed by atoms with Gasteiger partial charge in [-0.25, -0.2) is 14.6 Å². The maximum Gasteiger partial charge on any atom is 0.407 e. The molecule has 1 saturated carbocycles. The number of nitrogens with one attached hydrogen (secondary N) is 2. The minimum Gasteiger partial charge on any atom is -0.497 e. The van der Waals surface area contributed by atoms with Crippen LogP contribution in [0.3, 0.4) is 0 Å². The third-order valence-electron chi connectivity index (χ3n) is 8.78. The molecule has 1 aromatic heterocycles. The van der Waals surface area contributed by atoms with Crippen LogP contribution < -0.4 is 20.1 Å². The number of carbonyl (C=O) groups is 4. The number of amides is 3. The number of aromatic nitrogens is 1. The molecule has 2 heterocycles. The summed E-state index contributed by atoms with van der Waals surface area (Å²) in [5.74, 6) is -1.66. The molecule has 3 amide bonds. The molecule has 5 rings (SSSR count). The third kappa shape index (κ3) is 6.72. The van der Waals surface area contributed by atoms with Crippen LogP contribution in [0.4, 0.5) is 4.79 Å². The highest BCUT2D eigenvalue weighted by molar-refractivity contribution is 5.96. The number of carbonyl (C=O) groups excluding carboxylic acids is 3. The first-order valence-electron chi connectivity index (χ1n) is 15.3. The van der Waals surface area contributed by atoms with Gasteiger partial charge in [-0.05, 0) is 24.0 Å². The van der Waals surface area contributed by atoms with Crippen molar-refractivity contribution in [1.82, 2.24) is 20.5 Å². The summed E-state index contributed by atoms with van der Waals surface area (Å²) in [5, 5.41) is 16.0. The van der Waals surface area contributed by atoms with E-state index in [4.69, 9.17) is 19.2 Å². The van der Waals surface area contributed by atoms with Crippen molar-refractivity contribution in [2.45, 2.75) is 57.3 Å². The molecular weight excluding hydrogens is 604 g/mol. The van der Waals surface area contributed by atoms with Crippen LogP contribution in [0, 0.1) is 11.3 Å². The Hall–Kier alpha value is -5.13. The van der Waals surface area contributed by atoms with Crippen molar-refractivity contribution in [3.8, 4) is 22.8 Å². The average Bonchev–Trinajstić information content (AvgIpc) is 3.62. The highest BCUT2D eigenvalue weighted by atomic mass is 16.5. The van der Waals surface area contributed by atoms with E-state index in [9.17, 15) is 24.3 Å². The number of alkyl carbamates (subject to hydrolysis) is 1. The molecule has 1 unspecified atom stereocenters. The number of carboxylic acids is 1. The number of hydrogen-bond acceptors (Lipinski definition) is 8. The maximum atomic E-state index is 14.2. The van der Waals surface area contributed by atoms with Gasteiger partial charge in [0.25, 0.3) is 0 Å². The van der Waals surface area contributed by atoms with Crippen molar-refractivity contribution < 1.29 is 38.5 Å². The summed E-state index contributed by atoms with van der Waals surface area (Å²) in [6.45, 7) is 9.04. The Bertz CT molecular complexity index is 1700. The Morgan fingerprint density at radius 1 is 1.11 bits per heavy atom. The Labute approximate surface area is 273 Å². The van der Waals surface area contributed by atoms with E-state index in [0.717, 1.165) is 5.56 Å². The molecule has 2 aromatic carbocycles. The standard InChI is InChI=1S/C35H40N4O8/c1-7-21-18-35(21,32(42)43)38-30(40)27-16-23(19-39(27)31(41)29(34(2,3)4)37-33(44)46-6)47-28-17-25(20-11-9-8-10-12-20)36-26-15-22(45-5)13-14-24(26)28/h7-15,17,21,23,27,29H,1,16,18-19H2,2-6H3,(H,37,44)(H,38,40)(H,42,43)/t21?,23-,27+,29-,35-/m1/s1. The van der Waals surface area contributed by atoms with Gasteiger partial charge in [-0.2, -0.15) is 0 Å². The molecule has 248 valence electrons. The number of aliphatic carboxylic acids is 1. The smallest absolute Gasteiger partial charge is 0.407 e. The lowest BCUT2D eigenvalue weighted by Crippen LogP contribution is -2.59. The first-order chi connectivity index (χ1) is 22.3. The zero-order valence-electron chi connectivity index (χ0n) is 27.1. The fourth-order valence-electron chi connectivity index (χ4n) is 6.02. The molecule has 0 spiro atoms. The van der Waals surface area contributed by atoms with E-state index < -0.39 is 58.9 Å². The van der Waals surface area contributed by atoms with Crippen LogP contribution in [-0.4, -0.2) is 83.4 Å². The predicted molar refractivity (Wildman–Crippen MR) is 174 cm³/mol. The quantitative estimate of drug-likeness (QED) is 0.276. The van der Waals surface area contributed by atoms with E-state index in [0.29, 0.717) is 28.1 Å². The molecule has 2 aliphatic rings. The monoisotopic (exact) mass is 644 g/mol. The number of pyridine rings is 1. The molecule has 1 saturated heterocycles. The minimum atomic E-state index is -1.49. The van der Waals surface area contributed by atoms with E-state index in [1.54, 1.807) is 40.0 Å². The predicted octanol–water partition coefficient (Wildman–Crippen LogP) is 4.17. The van der Waals surface area contributed by atoms with E-state index in [-0.39, 0.29) is 19.4 Å². The molecule has 0 radical (unpaired) electrons. The first-order valence-corrected chi connectivity index (χ1v) is 15.3. The number of likely N-dealkylation sites (tertiary alicyclic amines) is 1. The summed E-state index contributed by atoms with van der Waals surface area (Å²) in [5.41, 5.74) is -0.105. The molecular formula is C35H40N4O8. The van der Waals surface area contributed by atoms with Crippen molar-refractivity contribution >= 4 is 34.8 Å². The zero-order valence-corrected chi connectivity index (χ0v) is 27.1. The van der Waals surface area contributed by atoms with Crippen LogP contribution in [0.25, 0.3) is 22.2 Å². The van der Waals surface area contributed by atoms with Crippen LogP contribution in [0.2, 0.25) is 0 Å². The van der Waals surface area contributed by atoms with Crippen molar-refractivity contribution in [2.24, 2.45) is 11.3 Å². The number of fused-ring (bicyclic) bond motifs is 1. The average molecular weight is 645 g/mol. The molecule has 3 aromatic rings. The van der Waals surface area contributed by atoms with Gasteiger partial charge in [0.1, 0.15) is 35.2 Å². The molecule has 5 atom stereocenters. The highest BCUT2D eigenvalue weighted by Gasteiger charge is 2.61. The van der Waals surface area contributed by atoms with E-state index >= 15 is 0 Å². The molecule has 1 aliphatic carbocycles. The van der Waals surface area contributed by atoms with Crippen LogP contribution in [0.1, 0.15) is 33.6 Å². The van der Waals surface area contributed by atoms with E-state index in [1.807, 2.05) is 42.5 Å². The number of ether oxygens (including phenoxy) is 3. The first kappa shape index (κ1) is 33.2. The summed E-state index contributed by atoms with van der Waals surface area (Å²) in [7, 11) is 2.77. The summed E-state index contributed by atoms with van der Waals surface area (Å²) < 4.78 is 16.8. The number of carboxylic acid groups (broad SMARTS) is 1. The van der Waals surface area contributed by atoms with Crippen LogP contribution in [-0.2, 0) is 19.1 Å². The Morgan fingerprint density at radius 2 is 1.83 bits per heavy atom. The molecule has 0 bridgehead atoms. The van der Waals surface area contributed by atoms with E-state index in [1.165, 1.54) is 18.1 Å². The molecule has 47 heavy (non-hydrogen) atoms. The zero-order chi connectivity index (χ0) is 34.1. The largest absolute Gasteiger partial charge is 0.497 e. The topological polar surface area (TPSA) is 156 Å². The second-order valence-corrected chi connectivity index (χ2v) is 13.0. The van der Waals surface area contributed by atoms with Crippen LogP contribution in [0.5, 0.6) is 11.5 Å². The fraction of sp³-hybridized carbons (Fsp3) is 0.400. The number of methoxy groups -OCH3 is 2. The summed E-state index contributed by atoms with van der Waals surface area (Å²) in [6, 6.07) is 14.7. The van der Waals surface area contributed by atoms with Crippen molar-refractivity contribution in [3.63, 3.8) is 0 Å². The van der Waals surface area contributed by atoms with Crippen molar-refractivity contribution in [1.29, 1.82) is 0 Å². The van der Waals surface area contributed by atoms with Gasteiger partial charge in [0.05, 0.1) is 32.0 Å². The number of benzene rings is 2. The van der Waals surface area contributed by atoms with Crippen molar-refractivity contribution in [2.75, 3.05) is 20.8 Å². The Morgan fingerprint density at radius 3 is 2.43 bits per heavy atom. The van der Waals surface area contributed by atoms with Gasteiger partial charge < -0.3 is 34.9 Å². The second kappa shape index (κ2) is 12.9. The molecule has 12 nitrogen and oxygen atoms in total. The highest BCUT2D eigenvalue weighted by Crippen LogP contribution is 2.45. The Kier molecular flexibility index (Phi) is 9.15. The van der Waals surface area contributed by atoms with Gasteiger partial charge in [-0.15, -0.1) is 6.58 Å². The SMILES string of the molecule is C=CC1C[C@]1(NC(=O)[C@@H]1C[C@@H](Oc2cc(-c3ccccc3)nc3cc(OC)ccc23)CN1C(=O)[C@@H](NC(=O)OC)C(C)(C)C)C(=O)O. The third-order valence-corrected chi connectivity index (χ3v) is 8.78. The normalized spacial score (nSPS) is 22.6. The van der Waals surface area contributed by atoms with Crippen LogP contribution in [0.15, 0.2) is 67.3 Å². The van der Waals surface area contributed by atoms with E-state index in [2.05, 4.69) is 17.2 Å². The van der Waals surface area contributed by atoms with Gasteiger partial charge in [-0.1, -0.05) is 57.2 Å². The number of rotatable bonds is 10. The minimum absolute atomic E-state index is 0.00203. The lowest BCUT2D eigenvalue weighted by molar-refractivity contribution is -0.146. The summed E-state index contributed by atoms with van der Waals surface area (Å²) in [4.78, 5) is 58.7. The van der Waals surface area contributed by atoms with Gasteiger partial charge in [0.15, 0.2) is 0 Å². The number of nitrogens with zero attached hydrogens (tertiary/aromatic N) is 2. The molecule has 12 heteroatoms. The molecule has 3 N–H and O–H groups in total. The van der Waals surface area contributed by atoms with Crippen molar-refractivity contribution in [3.05, 3.63) is 67.3 Å².